The summed E-state index contributed by atoms with van der Waals surface area (Å²) in [6.45, 7) is 7.76. The molecule has 2 heterocycles. The molecule has 0 saturated carbocycles. The van der Waals surface area contributed by atoms with E-state index in [0.29, 0.717) is 5.75 Å². The van der Waals surface area contributed by atoms with Crippen molar-refractivity contribution in [3.05, 3.63) is 29.8 Å². The van der Waals surface area contributed by atoms with E-state index >= 15 is 0 Å². The van der Waals surface area contributed by atoms with Gasteiger partial charge in [0.05, 0.1) is 13.2 Å². The Morgan fingerprint density at radius 1 is 1.21 bits per heavy atom. The van der Waals surface area contributed by atoms with Gasteiger partial charge in [-0.05, 0) is 37.6 Å². The second-order valence-electron chi connectivity index (χ2n) is 6.13. The molecule has 0 aliphatic carbocycles. The lowest BCUT2D eigenvalue weighted by Gasteiger charge is -2.35. The molecule has 2 aliphatic heterocycles. The van der Waals surface area contributed by atoms with Crippen LogP contribution < -0.4 is 14.8 Å². The summed E-state index contributed by atoms with van der Waals surface area (Å²) >= 11 is 0. The molecule has 130 valence electrons. The largest absolute Gasteiger partial charge is 0.454 e. The number of ether oxygens (including phenoxy) is 3. The van der Waals surface area contributed by atoms with E-state index in [2.05, 4.69) is 17.1 Å². The van der Waals surface area contributed by atoms with Crippen LogP contribution in [0.4, 0.5) is 0 Å². The molecule has 1 saturated heterocycles. The van der Waals surface area contributed by atoms with Gasteiger partial charge in [0.25, 0.3) is 0 Å². The number of rotatable bonds is 5. The zero-order valence-corrected chi connectivity index (χ0v) is 14.2. The summed E-state index contributed by atoms with van der Waals surface area (Å²) in [5.41, 5.74) is 0.906. The van der Waals surface area contributed by atoms with Gasteiger partial charge in [-0.25, -0.2) is 0 Å². The Labute approximate surface area is 142 Å². The van der Waals surface area contributed by atoms with Crippen molar-refractivity contribution < 1.29 is 19.0 Å². The van der Waals surface area contributed by atoms with Crippen molar-refractivity contribution in [3.8, 4) is 11.5 Å². The van der Waals surface area contributed by atoms with Crippen LogP contribution in [-0.2, 0) is 9.53 Å². The second kappa shape index (κ2) is 7.68. The van der Waals surface area contributed by atoms with E-state index in [1.54, 1.807) is 12.2 Å². The van der Waals surface area contributed by atoms with E-state index in [1.165, 1.54) is 0 Å². The van der Waals surface area contributed by atoms with Crippen molar-refractivity contribution >= 4 is 12.0 Å². The standard InChI is InChI=1S/C18H24N2O4/c1-13(14(2)20-7-9-22-10-8-20)19-18(21)6-4-15-3-5-16-17(11-15)24-12-23-16/h3-6,11,13-14H,7-10,12H2,1-2H3,(H,19,21). The molecule has 1 amide bonds. The minimum absolute atomic E-state index is 0.0667. The van der Waals surface area contributed by atoms with Crippen molar-refractivity contribution in [2.24, 2.45) is 0 Å². The van der Waals surface area contributed by atoms with Crippen LogP contribution in [0.15, 0.2) is 24.3 Å². The summed E-state index contributed by atoms with van der Waals surface area (Å²) in [5.74, 6) is 1.36. The van der Waals surface area contributed by atoms with Gasteiger partial charge in [0, 0.05) is 31.2 Å². The maximum atomic E-state index is 12.2. The number of fused-ring (bicyclic) bond motifs is 1. The number of benzene rings is 1. The molecule has 0 radical (unpaired) electrons. The van der Waals surface area contributed by atoms with Crippen LogP contribution >= 0.6 is 0 Å². The number of amides is 1. The van der Waals surface area contributed by atoms with E-state index in [1.807, 2.05) is 25.1 Å². The third-order valence-electron chi connectivity index (χ3n) is 4.54. The van der Waals surface area contributed by atoms with Gasteiger partial charge in [-0.1, -0.05) is 6.07 Å². The molecule has 1 fully saturated rings. The number of hydrogen-bond donors (Lipinski definition) is 1. The van der Waals surface area contributed by atoms with Crippen LogP contribution in [0, 0.1) is 0 Å². The van der Waals surface area contributed by atoms with E-state index in [9.17, 15) is 4.79 Å². The predicted molar refractivity (Wildman–Crippen MR) is 91.1 cm³/mol. The molecule has 0 spiro atoms. The highest BCUT2D eigenvalue weighted by molar-refractivity contribution is 5.92. The summed E-state index contributed by atoms with van der Waals surface area (Å²) in [4.78, 5) is 14.5. The molecule has 1 aromatic rings. The fourth-order valence-corrected chi connectivity index (χ4v) is 2.88. The van der Waals surface area contributed by atoms with E-state index in [0.717, 1.165) is 37.6 Å². The Balaban J connectivity index is 1.52. The van der Waals surface area contributed by atoms with E-state index < -0.39 is 0 Å². The molecule has 24 heavy (non-hydrogen) atoms. The lowest BCUT2D eigenvalue weighted by atomic mass is 10.1. The molecule has 1 N–H and O–H groups in total. The highest BCUT2D eigenvalue weighted by Gasteiger charge is 2.22. The minimum Gasteiger partial charge on any atom is -0.454 e. The van der Waals surface area contributed by atoms with Crippen molar-refractivity contribution in [1.82, 2.24) is 10.2 Å². The predicted octanol–water partition coefficient (Wildman–Crippen LogP) is 1.65. The first-order valence-electron chi connectivity index (χ1n) is 8.33. The highest BCUT2D eigenvalue weighted by atomic mass is 16.7. The summed E-state index contributed by atoms with van der Waals surface area (Å²) in [6, 6.07) is 5.96. The van der Waals surface area contributed by atoms with Gasteiger partial charge in [0.2, 0.25) is 12.7 Å². The lowest BCUT2D eigenvalue weighted by molar-refractivity contribution is -0.117. The van der Waals surface area contributed by atoms with Crippen LogP contribution in [0.1, 0.15) is 19.4 Å². The Kier molecular flexibility index (Phi) is 5.37. The maximum absolute atomic E-state index is 12.2. The average molecular weight is 332 g/mol. The van der Waals surface area contributed by atoms with E-state index in [-0.39, 0.29) is 24.8 Å². The normalized spacial score (nSPS) is 20.1. The molecule has 3 rings (SSSR count). The number of hydrogen-bond acceptors (Lipinski definition) is 5. The first kappa shape index (κ1) is 16.8. The molecule has 6 nitrogen and oxygen atoms in total. The number of carbonyl (C=O) groups excluding carboxylic acids is 1. The zero-order chi connectivity index (χ0) is 16.9. The number of nitrogens with one attached hydrogen (secondary N) is 1. The summed E-state index contributed by atoms with van der Waals surface area (Å²) < 4.78 is 16.0. The molecule has 2 unspecified atom stereocenters. The minimum atomic E-state index is -0.0970. The zero-order valence-electron chi connectivity index (χ0n) is 14.2. The SMILES string of the molecule is CC(NC(=O)C=Cc1ccc2c(c1)OCO2)C(C)N1CCOCC1. The smallest absolute Gasteiger partial charge is 0.244 e. The Hall–Kier alpha value is -2.05. The first-order valence-corrected chi connectivity index (χ1v) is 8.33. The van der Waals surface area contributed by atoms with Crippen molar-refractivity contribution in [2.45, 2.75) is 25.9 Å². The van der Waals surface area contributed by atoms with Gasteiger partial charge in [0.15, 0.2) is 11.5 Å². The molecule has 0 aromatic heterocycles. The molecule has 2 atom stereocenters. The van der Waals surface area contributed by atoms with Gasteiger partial charge in [-0.2, -0.15) is 0 Å². The third kappa shape index (κ3) is 4.07. The maximum Gasteiger partial charge on any atom is 0.244 e. The van der Waals surface area contributed by atoms with Gasteiger partial charge in [0.1, 0.15) is 0 Å². The Morgan fingerprint density at radius 3 is 2.75 bits per heavy atom. The quantitative estimate of drug-likeness (QED) is 0.831. The average Bonchev–Trinajstić information content (AvgIpc) is 3.07. The molecular weight excluding hydrogens is 308 g/mol. The molecular formula is C18H24N2O4. The monoisotopic (exact) mass is 332 g/mol. The third-order valence-corrected chi connectivity index (χ3v) is 4.54. The Morgan fingerprint density at radius 2 is 1.96 bits per heavy atom. The van der Waals surface area contributed by atoms with Crippen molar-refractivity contribution in [3.63, 3.8) is 0 Å². The Bertz CT molecular complexity index is 611. The summed E-state index contributed by atoms with van der Waals surface area (Å²) in [7, 11) is 0. The van der Waals surface area contributed by atoms with E-state index in [4.69, 9.17) is 14.2 Å². The van der Waals surface area contributed by atoms with Gasteiger partial charge < -0.3 is 19.5 Å². The number of morpholine rings is 1. The highest BCUT2D eigenvalue weighted by Crippen LogP contribution is 2.32. The second-order valence-corrected chi connectivity index (χ2v) is 6.13. The number of nitrogens with zero attached hydrogens (tertiary/aromatic N) is 1. The van der Waals surface area contributed by atoms with Crippen LogP contribution in [0.25, 0.3) is 6.08 Å². The summed E-state index contributed by atoms with van der Waals surface area (Å²) in [5, 5.41) is 3.04. The van der Waals surface area contributed by atoms with Crippen LogP contribution in [-0.4, -0.2) is 56.0 Å². The molecule has 2 aliphatic rings. The van der Waals surface area contributed by atoms with Gasteiger partial charge in [-0.15, -0.1) is 0 Å². The van der Waals surface area contributed by atoms with Crippen LogP contribution in [0.2, 0.25) is 0 Å². The molecule has 1 aromatic carbocycles. The molecule has 0 bridgehead atoms. The summed E-state index contributed by atoms with van der Waals surface area (Å²) in [6.07, 6.45) is 3.34. The lowest BCUT2D eigenvalue weighted by Crippen LogP contribution is -2.51. The van der Waals surface area contributed by atoms with Crippen LogP contribution in [0.3, 0.4) is 0 Å². The van der Waals surface area contributed by atoms with Crippen molar-refractivity contribution in [2.75, 3.05) is 33.1 Å². The van der Waals surface area contributed by atoms with Crippen LogP contribution in [0.5, 0.6) is 11.5 Å². The fourth-order valence-electron chi connectivity index (χ4n) is 2.88. The van der Waals surface area contributed by atoms with Gasteiger partial charge >= 0.3 is 0 Å². The first-order chi connectivity index (χ1) is 11.6. The fraction of sp³-hybridized carbons (Fsp3) is 0.500. The van der Waals surface area contributed by atoms with Crippen molar-refractivity contribution in [1.29, 1.82) is 0 Å². The number of carbonyl (C=O) groups is 1. The van der Waals surface area contributed by atoms with Gasteiger partial charge in [-0.3, -0.25) is 9.69 Å². The topological polar surface area (TPSA) is 60.0 Å². The molecule has 6 heteroatoms.